The predicted octanol–water partition coefficient (Wildman–Crippen LogP) is 3.81. The molecule has 24 heavy (non-hydrogen) atoms. The van der Waals surface area contributed by atoms with Gasteiger partial charge in [0.1, 0.15) is 10.7 Å². The van der Waals surface area contributed by atoms with Crippen molar-refractivity contribution in [3.8, 4) is 0 Å². The van der Waals surface area contributed by atoms with E-state index in [1.165, 1.54) is 0 Å². The molecule has 0 atom stereocenters. The van der Waals surface area contributed by atoms with E-state index in [0.717, 1.165) is 10.5 Å². The van der Waals surface area contributed by atoms with Crippen LogP contribution in [0.25, 0.3) is 0 Å². The maximum absolute atomic E-state index is 12.5. The van der Waals surface area contributed by atoms with Crippen molar-refractivity contribution in [2.24, 2.45) is 0 Å². The van der Waals surface area contributed by atoms with Gasteiger partial charge in [0.15, 0.2) is 0 Å². The molecule has 4 nitrogen and oxygen atoms in total. The minimum atomic E-state index is -0.484. The molecule has 0 saturated carbocycles. The summed E-state index contributed by atoms with van der Waals surface area (Å²) in [4.78, 5) is 25.9. The number of amides is 2. The molecular weight excluding hydrogens is 347 g/mol. The fourth-order valence-corrected chi connectivity index (χ4v) is 2.87. The van der Waals surface area contributed by atoms with Crippen LogP contribution in [0.15, 0.2) is 65.3 Å². The van der Waals surface area contributed by atoms with Crippen molar-refractivity contribution in [3.63, 3.8) is 0 Å². The van der Waals surface area contributed by atoms with E-state index < -0.39 is 11.8 Å². The average Bonchev–Trinajstić information content (AvgIpc) is 2.78. The first-order chi connectivity index (χ1) is 11.6. The molecule has 2 aromatic rings. The Kier molecular flexibility index (Phi) is 4.88. The zero-order valence-corrected chi connectivity index (χ0v) is 14.1. The Balaban J connectivity index is 1.72. The van der Waals surface area contributed by atoms with E-state index in [2.05, 4.69) is 5.32 Å². The Hall–Kier alpha value is -2.30. The van der Waals surface area contributed by atoms with Crippen molar-refractivity contribution in [1.29, 1.82) is 0 Å². The van der Waals surface area contributed by atoms with Gasteiger partial charge in [-0.2, -0.15) is 0 Å². The zero-order chi connectivity index (χ0) is 17.1. The Morgan fingerprint density at radius 1 is 0.917 bits per heavy atom. The van der Waals surface area contributed by atoms with Crippen LogP contribution in [0.1, 0.15) is 5.56 Å². The summed E-state index contributed by atoms with van der Waals surface area (Å²) in [6.07, 6.45) is 0.576. The standard InChI is InChI=1S/C18H14Cl2N2O2/c19-13-7-4-8-14(11-13)21-16-15(20)17(23)22(18(16)24)10-9-12-5-2-1-3-6-12/h1-8,11,21H,9-10H2. The number of rotatable bonds is 5. The highest BCUT2D eigenvalue weighted by atomic mass is 35.5. The summed E-state index contributed by atoms with van der Waals surface area (Å²) >= 11 is 12.0. The first-order valence-electron chi connectivity index (χ1n) is 7.39. The van der Waals surface area contributed by atoms with Crippen LogP contribution in [0, 0.1) is 0 Å². The van der Waals surface area contributed by atoms with Crippen LogP contribution in [-0.4, -0.2) is 23.3 Å². The lowest BCUT2D eigenvalue weighted by Crippen LogP contribution is -2.34. The fraction of sp³-hybridized carbons (Fsp3) is 0.111. The average molecular weight is 361 g/mol. The Morgan fingerprint density at radius 3 is 2.38 bits per heavy atom. The maximum Gasteiger partial charge on any atom is 0.278 e. The van der Waals surface area contributed by atoms with E-state index in [-0.39, 0.29) is 17.3 Å². The summed E-state index contributed by atoms with van der Waals surface area (Å²) in [7, 11) is 0. The van der Waals surface area contributed by atoms with Gasteiger partial charge in [-0.3, -0.25) is 14.5 Å². The minimum Gasteiger partial charge on any atom is -0.350 e. The maximum atomic E-state index is 12.5. The lowest BCUT2D eigenvalue weighted by molar-refractivity contribution is -0.137. The normalized spacial score (nSPS) is 14.5. The fourth-order valence-electron chi connectivity index (χ4n) is 2.45. The number of anilines is 1. The molecule has 0 aromatic heterocycles. The number of benzene rings is 2. The molecule has 0 fully saturated rings. The summed E-state index contributed by atoms with van der Waals surface area (Å²) in [5, 5.41) is 3.31. The number of nitrogens with one attached hydrogen (secondary N) is 1. The lowest BCUT2D eigenvalue weighted by Gasteiger charge is -2.15. The molecule has 0 bridgehead atoms. The van der Waals surface area contributed by atoms with Gasteiger partial charge in [0.05, 0.1) is 0 Å². The number of hydrogen-bond acceptors (Lipinski definition) is 3. The van der Waals surface area contributed by atoms with Gasteiger partial charge in [0.25, 0.3) is 11.8 Å². The zero-order valence-electron chi connectivity index (χ0n) is 12.6. The van der Waals surface area contributed by atoms with Crippen molar-refractivity contribution in [2.45, 2.75) is 6.42 Å². The highest BCUT2D eigenvalue weighted by Crippen LogP contribution is 2.26. The molecule has 1 aliphatic rings. The molecule has 0 unspecified atom stereocenters. The molecule has 2 amide bonds. The number of imide groups is 1. The molecule has 3 rings (SSSR count). The summed E-state index contributed by atoms with van der Waals surface area (Å²) < 4.78 is 0. The molecule has 122 valence electrons. The van der Waals surface area contributed by atoms with Crippen LogP contribution in [-0.2, 0) is 16.0 Å². The number of hydrogen-bond donors (Lipinski definition) is 1. The summed E-state index contributed by atoms with van der Waals surface area (Å²) in [5.74, 6) is -0.914. The summed E-state index contributed by atoms with van der Waals surface area (Å²) in [6, 6.07) is 16.5. The number of nitrogens with zero attached hydrogens (tertiary/aromatic N) is 1. The van der Waals surface area contributed by atoms with Crippen LogP contribution in [0.2, 0.25) is 5.02 Å². The molecule has 1 heterocycles. The predicted molar refractivity (Wildman–Crippen MR) is 94.8 cm³/mol. The second kappa shape index (κ2) is 7.07. The van der Waals surface area contributed by atoms with E-state index in [9.17, 15) is 9.59 Å². The van der Waals surface area contributed by atoms with Crippen molar-refractivity contribution < 1.29 is 9.59 Å². The largest absolute Gasteiger partial charge is 0.350 e. The lowest BCUT2D eigenvalue weighted by atomic mass is 10.1. The highest BCUT2D eigenvalue weighted by Gasteiger charge is 2.37. The highest BCUT2D eigenvalue weighted by molar-refractivity contribution is 6.48. The number of carbonyl (C=O) groups is 2. The van der Waals surface area contributed by atoms with Crippen molar-refractivity contribution in [3.05, 3.63) is 75.9 Å². The molecule has 0 saturated heterocycles. The topological polar surface area (TPSA) is 49.4 Å². The molecule has 1 aliphatic heterocycles. The van der Waals surface area contributed by atoms with E-state index >= 15 is 0 Å². The molecule has 1 N–H and O–H groups in total. The van der Waals surface area contributed by atoms with Crippen LogP contribution in [0.5, 0.6) is 0 Å². The van der Waals surface area contributed by atoms with Gasteiger partial charge in [0, 0.05) is 17.3 Å². The Morgan fingerprint density at radius 2 is 1.67 bits per heavy atom. The van der Waals surface area contributed by atoms with Crippen LogP contribution in [0.3, 0.4) is 0 Å². The van der Waals surface area contributed by atoms with Crippen LogP contribution >= 0.6 is 23.2 Å². The van der Waals surface area contributed by atoms with Gasteiger partial charge in [-0.1, -0.05) is 59.6 Å². The third-order valence-corrected chi connectivity index (χ3v) is 4.26. The second-order valence-corrected chi connectivity index (χ2v) is 6.14. The van der Waals surface area contributed by atoms with Gasteiger partial charge >= 0.3 is 0 Å². The Labute approximate surface area is 149 Å². The molecule has 6 heteroatoms. The number of carbonyl (C=O) groups excluding carboxylic acids is 2. The van der Waals surface area contributed by atoms with E-state index in [1.54, 1.807) is 24.3 Å². The molecule has 0 radical (unpaired) electrons. The first kappa shape index (κ1) is 16.6. The van der Waals surface area contributed by atoms with Gasteiger partial charge in [-0.15, -0.1) is 0 Å². The monoisotopic (exact) mass is 360 g/mol. The second-order valence-electron chi connectivity index (χ2n) is 5.32. The molecular formula is C18H14Cl2N2O2. The van der Waals surface area contributed by atoms with Gasteiger partial charge < -0.3 is 5.32 Å². The van der Waals surface area contributed by atoms with E-state index in [0.29, 0.717) is 17.1 Å². The Bertz CT molecular complexity index is 819. The minimum absolute atomic E-state index is 0.0806. The van der Waals surface area contributed by atoms with Gasteiger partial charge in [0.2, 0.25) is 0 Å². The SMILES string of the molecule is O=C1C(Cl)=C(Nc2cccc(Cl)c2)C(=O)N1CCc1ccccc1. The van der Waals surface area contributed by atoms with Crippen molar-refractivity contribution in [1.82, 2.24) is 4.90 Å². The van der Waals surface area contributed by atoms with Crippen molar-refractivity contribution in [2.75, 3.05) is 11.9 Å². The smallest absolute Gasteiger partial charge is 0.278 e. The first-order valence-corrected chi connectivity index (χ1v) is 8.14. The summed E-state index contributed by atoms with van der Waals surface area (Å²) in [5.41, 5.74) is 1.73. The quantitative estimate of drug-likeness (QED) is 0.824. The van der Waals surface area contributed by atoms with E-state index in [4.69, 9.17) is 23.2 Å². The van der Waals surface area contributed by atoms with Crippen molar-refractivity contribution >= 4 is 40.7 Å². The van der Waals surface area contributed by atoms with Gasteiger partial charge in [-0.25, -0.2) is 0 Å². The summed E-state index contributed by atoms with van der Waals surface area (Å²) in [6.45, 7) is 0.276. The third-order valence-electron chi connectivity index (χ3n) is 3.67. The van der Waals surface area contributed by atoms with Gasteiger partial charge in [-0.05, 0) is 30.2 Å². The molecule has 0 aliphatic carbocycles. The van der Waals surface area contributed by atoms with Crippen LogP contribution in [0.4, 0.5) is 5.69 Å². The number of halogens is 2. The molecule has 2 aromatic carbocycles. The third kappa shape index (κ3) is 3.45. The van der Waals surface area contributed by atoms with Crippen LogP contribution < -0.4 is 5.32 Å². The van der Waals surface area contributed by atoms with E-state index in [1.807, 2.05) is 30.3 Å². The molecule has 0 spiro atoms.